The summed E-state index contributed by atoms with van der Waals surface area (Å²) in [6.07, 6.45) is -6.54. The maximum absolute atomic E-state index is 11.8. The highest BCUT2D eigenvalue weighted by Crippen LogP contribution is 2.21. The molecule has 0 radical (unpaired) electrons. The smallest absolute Gasteiger partial charge is 0.227 e. The lowest BCUT2D eigenvalue weighted by molar-refractivity contribution is -0.236. The highest BCUT2D eigenvalue weighted by Gasteiger charge is 2.44. The van der Waals surface area contributed by atoms with Crippen LogP contribution in [0.2, 0.25) is 0 Å². The fourth-order valence-electron chi connectivity index (χ4n) is 1.57. The van der Waals surface area contributed by atoms with E-state index in [0.29, 0.717) is 0 Å². The first-order valence-corrected chi connectivity index (χ1v) is 5.80. The Balaban J connectivity index is 2.74. The third kappa shape index (κ3) is 3.18. The molecule has 18 heavy (non-hydrogen) atoms. The quantitative estimate of drug-likeness (QED) is 0.391. The van der Waals surface area contributed by atoms with Gasteiger partial charge >= 0.3 is 0 Å². The van der Waals surface area contributed by atoms with E-state index in [9.17, 15) is 20.1 Å². The molecule has 0 bridgehead atoms. The lowest BCUT2D eigenvalue weighted by atomic mass is 9.94. The van der Waals surface area contributed by atoms with Gasteiger partial charge < -0.3 is 30.5 Å². The van der Waals surface area contributed by atoms with E-state index >= 15 is 0 Å². The Morgan fingerprint density at radius 3 is 2.17 bits per heavy atom. The largest absolute Gasteiger partial charge is 0.394 e. The Morgan fingerprint density at radius 2 is 1.72 bits per heavy atom. The zero-order valence-electron chi connectivity index (χ0n) is 10.7. The number of ether oxygens (including phenoxy) is 1. The second kappa shape index (κ2) is 5.50. The van der Waals surface area contributed by atoms with Gasteiger partial charge in [0.2, 0.25) is 5.91 Å². The minimum absolute atomic E-state index is 0.369. The van der Waals surface area contributed by atoms with E-state index in [1.165, 1.54) is 0 Å². The number of aliphatic hydroxyl groups is 4. The standard InChI is InChI=1S/C11H21NO6/c1-11(2,3)10(17)12-9-8(16)7(15)6(14)5(4-13)18-9/h5-9,13-16H,4H2,1-3H3,(H,12,17)/t5-,6+,7+,8-,9-/m1/s1. The SMILES string of the molecule is CC(C)(C)C(=O)N[C@@H]1O[C@H](CO)[C@H](O)[C@H](O)[C@H]1O. The molecular weight excluding hydrogens is 242 g/mol. The minimum atomic E-state index is -1.49. The van der Waals surface area contributed by atoms with Gasteiger partial charge in [0.05, 0.1) is 6.61 Å². The van der Waals surface area contributed by atoms with Gasteiger partial charge in [-0.15, -0.1) is 0 Å². The molecular formula is C11H21NO6. The first kappa shape index (κ1) is 15.3. The Morgan fingerprint density at radius 1 is 1.17 bits per heavy atom. The number of hydrogen-bond acceptors (Lipinski definition) is 6. The molecule has 0 spiro atoms. The van der Waals surface area contributed by atoms with E-state index in [1.54, 1.807) is 20.8 Å². The molecule has 1 amide bonds. The second-order valence-corrected chi connectivity index (χ2v) is 5.47. The van der Waals surface area contributed by atoms with Gasteiger partial charge in [0.25, 0.3) is 0 Å². The molecule has 0 aromatic heterocycles. The van der Waals surface area contributed by atoms with Crippen molar-refractivity contribution in [2.24, 2.45) is 5.41 Å². The van der Waals surface area contributed by atoms with Crippen LogP contribution in [0.4, 0.5) is 0 Å². The van der Waals surface area contributed by atoms with Crippen molar-refractivity contribution in [1.29, 1.82) is 0 Å². The summed E-state index contributed by atoms with van der Waals surface area (Å²) in [7, 11) is 0. The highest BCUT2D eigenvalue weighted by atomic mass is 16.6. The molecule has 1 aliphatic heterocycles. The van der Waals surface area contributed by atoms with E-state index in [1.807, 2.05) is 0 Å². The highest BCUT2D eigenvalue weighted by molar-refractivity contribution is 5.81. The van der Waals surface area contributed by atoms with Crippen molar-refractivity contribution in [3.8, 4) is 0 Å². The zero-order valence-corrected chi connectivity index (χ0v) is 10.7. The predicted octanol–water partition coefficient (Wildman–Crippen LogP) is -2.05. The van der Waals surface area contributed by atoms with Gasteiger partial charge in [0, 0.05) is 5.41 Å². The van der Waals surface area contributed by atoms with Gasteiger partial charge in [0.15, 0.2) is 6.23 Å². The van der Waals surface area contributed by atoms with Gasteiger partial charge in [-0.05, 0) is 0 Å². The molecule has 0 aromatic rings. The molecule has 1 heterocycles. The van der Waals surface area contributed by atoms with Crippen molar-refractivity contribution in [2.75, 3.05) is 6.61 Å². The fourth-order valence-corrected chi connectivity index (χ4v) is 1.57. The summed E-state index contributed by atoms with van der Waals surface area (Å²) in [5.74, 6) is -0.369. The van der Waals surface area contributed by atoms with E-state index in [-0.39, 0.29) is 5.91 Å². The van der Waals surface area contributed by atoms with Crippen molar-refractivity contribution < 1.29 is 30.0 Å². The van der Waals surface area contributed by atoms with Crippen molar-refractivity contribution in [2.45, 2.75) is 51.4 Å². The van der Waals surface area contributed by atoms with Crippen LogP contribution >= 0.6 is 0 Å². The molecule has 7 nitrogen and oxygen atoms in total. The topological polar surface area (TPSA) is 119 Å². The van der Waals surface area contributed by atoms with Crippen LogP contribution in [0.5, 0.6) is 0 Å². The molecule has 0 saturated carbocycles. The number of rotatable bonds is 2. The second-order valence-electron chi connectivity index (χ2n) is 5.47. The summed E-state index contributed by atoms with van der Waals surface area (Å²) < 4.78 is 5.15. The first-order chi connectivity index (χ1) is 8.18. The summed E-state index contributed by atoms with van der Waals surface area (Å²) in [5, 5.41) is 40.2. The minimum Gasteiger partial charge on any atom is -0.394 e. The maximum Gasteiger partial charge on any atom is 0.227 e. The van der Waals surface area contributed by atoms with Crippen LogP contribution in [0, 0.1) is 5.41 Å². The molecule has 1 aliphatic rings. The summed E-state index contributed by atoms with van der Waals surface area (Å²) >= 11 is 0. The van der Waals surface area contributed by atoms with E-state index in [2.05, 4.69) is 5.32 Å². The van der Waals surface area contributed by atoms with Crippen LogP contribution < -0.4 is 5.32 Å². The summed E-state index contributed by atoms with van der Waals surface area (Å²) in [5.41, 5.74) is -0.682. The lowest BCUT2D eigenvalue weighted by Gasteiger charge is -2.40. The number of nitrogens with one attached hydrogen (secondary N) is 1. The van der Waals surface area contributed by atoms with Crippen LogP contribution in [-0.4, -0.2) is 63.6 Å². The van der Waals surface area contributed by atoms with Crippen LogP contribution in [0.25, 0.3) is 0 Å². The van der Waals surface area contributed by atoms with Gasteiger partial charge in [-0.2, -0.15) is 0 Å². The van der Waals surface area contributed by atoms with E-state index < -0.39 is 42.7 Å². The Hall–Kier alpha value is -0.730. The Bertz CT molecular complexity index is 300. The van der Waals surface area contributed by atoms with Crippen LogP contribution in [0.3, 0.4) is 0 Å². The Kier molecular flexibility index (Phi) is 4.68. The normalized spacial score (nSPS) is 37.4. The van der Waals surface area contributed by atoms with Crippen molar-refractivity contribution in [3.05, 3.63) is 0 Å². The number of carbonyl (C=O) groups is 1. The number of hydrogen-bond donors (Lipinski definition) is 5. The number of aliphatic hydroxyl groups excluding tert-OH is 4. The first-order valence-electron chi connectivity index (χ1n) is 5.80. The molecule has 1 saturated heterocycles. The van der Waals surface area contributed by atoms with Gasteiger partial charge in [-0.25, -0.2) is 0 Å². The average molecular weight is 263 g/mol. The van der Waals surface area contributed by atoms with Crippen LogP contribution in [0.15, 0.2) is 0 Å². The average Bonchev–Trinajstić information content (AvgIpc) is 2.28. The lowest BCUT2D eigenvalue weighted by Crippen LogP contribution is -2.64. The molecule has 106 valence electrons. The molecule has 0 aliphatic carbocycles. The van der Waals surface area contributed by atoms with E-state index in [4.69, 9.17) is 9.84 Å². The van der Waals surface area contributed by atoms with Gasteiger partial charge in [-0.1, -0.05) is 20.8 Å². The monoisotopic (exact) mass is 263 g/mol. The molecule has 5 atom stereocenters. The van der Waals surface area contributed by atoms with E-state index in [0.717, 1.165) is 0 Å². The van der Waals surface area contributed by atoms with Gasteiger partial charge in [0.1, 0.15) is 24.4 Å². The molecule has 1 rings (SSSR count). The van der Waals surface area contributed by atoms with Crippen molar-refractivity contribution in [1.82, 2.24) is 5.32 Å². The van der Waals surface area contributed by atoms with Crippen LogP contribution in [0.1, 0.15) is 20.8 Å². The van der Waals surface area contributed by atoms with Crippen molar-refractivity contribution >= 4 is 5.91 Å². The molecule has 0 unspecified atom stereocenters. The van der Waals surface area contributed by atoms with Crippen molar-refractivity contribution in [3.63, 3.8) is 0 Å². The molecule has 0 aromatic carbocycles. The fraction of sp³-hybridized carbons (Fsp3) is 0.909. The Labute approximate surface area is 105 Å². The predicted molar refractivity (Wildman–Crippen MR) is 61.4 cm³/mol. The third-order valence-corrected chi connectivity index (χ3v) is 2.85. The summed E-state index contributed by atoms with van der Waals surface area (Å²) in [6.45, 7) is 4.54. The summed E-state index contributed by atoms with van der Waals surface area (Å²) in [4.78, 5) is 11.8. The zero-order chi connectivity index (χ0) is 14.1. The molecule has 7 heteroatoms. The number of carbonyl (C=O) groups excluding carboxylic acids is 1. The molecule has 1 fully saturated rings. The van der Waals surface area contributed by atoms with Crippen LogP contribution in [-0.2, 0) is 9.53 Å². The number of amides is 1. The molecule has 5 N–H and O–H groups in total. The maximum atomic E-state index is 11.8. The third-order valence-electron chi connectivity index (χ3n) is 2.85. The summed E-state index contributed by atoms with van der Waals surface area (Å²) in [6, 6.07) is 0. The van der Waals surface area contributed by atoms with Gasteiger partial charge in [-0.3, -0.25) is 4.79 Å².